The minimum Gasteiger partial charge on any atom is -0.378 e. The van der Waals surface area contributed by atoms with E-state index >= 15 is 0 Å². The lowest BCUT2D eigenvalue weighted by molar-refractivity contribution is -0.134. The molecular formula is C21H23N3O3. The smallest absolute Gasteiger partial charge is 0.255 e. The van der Waals surface area contributed by atoms with Crippen molar-refractivity contribution in [1.29, 1.82) is 0 Å². The van der Waals surface area contributed by atoms with Crippen molar-refractivity contribution in [2.75, 3.05) is 31.6 Å². The van der Waals surface area contributed by atoms with Crippen LogP contribution in [0.15, 0.2) is 42.6 Å². The fraction of sp³-hybridized carbons (Fsp3) is 0.381. The van der Waals surface area contributed by atoms with Crippen LogP contribution >= 0.6 is 0 Å². The fourth-order valence-electron chi connectivity index (χ4n) is 3.20. The summed E-state index contributed by atoms with van der Waals surface area (Å²) in [6.07, 6.45) is 4.37. The Bertz CT molecular complexity index is 825. The van der Waals surface area contributed by atoms with Gasteiger partial charge in [-0.15, -0.1) is 0 Å². The Balaban J connectivity index is 1.35. The van der Waals surface area contributed by atoms with Gasteiger partial charge in [0, 0.05) is 42.1 Å². The molecule has 1 aromatic carbocycles. The molecule has 1 saturated carbocycles. The Hall–Kier alpha value is -2.73. The average Bonchev–Trinajstić information content (AvgIpc) is 3.55. The summed E-state index contributed by atoms with van der Waals surface area (Å²) < 4.78 is 5.28. The summed E-state index contributed by atoms with van der Waals surface area (Å²) in [5.41, 5.74) is 3.27. The number of ether oxygens (including phenoxy) is 1. The number of carbonyl (C=O) groups excluding carboxylic acids is 2. The highest BCUT2D eigenvalue weighted by molar-refractivity contribution is 6.04. The van der Waals surface area contributed by atoms with Gasteiger partial charge in [-0.1, -0.05) is 12.1 Å². The van der Waals surface area contributed by atoms with Crippen LogP contribution in [0.2, 0.25) is 0 Å². The van der Waals surface area contributed by atoms with Crippen LogP contribution in [-0.2, 0) is 16.0 Å². The molecule has 2 aromatic rings. The van der Waals surface area contributed by atoms with E-state index in [0.717, 1.165) is 24.1 Å². The van der Waals surface area contributed by atoms with Gasteiger partial charge in [0.15, 0.2) is 0 Å². The molecule has 0 spiro atoms. The van der Waals surface area contributed by atoms with Gasteiger partial charge in [0.2, 0.25) is 5.91 Å². The zero-order valence-electron chi connectivity index (χ0n) is 15.2. The summed E-state index contributed by atoms with van der Waals surface area (Å²) in [6, 6.07) is 11.1. The molecule has 1 aliphatic carbocycles. The zero-order chi connectivity index (χ0) is 18.6. The summed E-state index contributed by atoms with van der Waals surface area (Å²) >= 11 is 0. The Morgan fingerprint density at radius 3 is 2.56 bits per heavy atom. The van der Waals surface area contributed by atoms with Crippen molar-refractivity contribution in [2.45, 2.75) is 25.2 Å². The first-order valence-corrected chi connectivity index (χ1v) is 9.41. The zero-order valence-corrected chi connectivity index (χ0v) is 15.2. The number of anilines is 1. The number of pyridine rings is 1. The normalized spacial score (nSPS) is 16.8. The maximum Gasteiger partial charge on any atom is 0.255 e. The van der Waals surface area contributed by atoms with Crippen LogP contribution in [-0.4, -0.2) is 48.0 Å². The molecule has 1 N–H and O–H groups in total. The summed E-state index contributed by atoms with van der Waals surface area (Å²) in [7, 11) is 0. The highest BCUT2D eigenvalue weighted by atomic mass is 16.5. The molecule has 1 aromatic heterocycles. The van der Waals surface area contributed by atoms with Crippen LogP contribution in [0.5, 0.6) is 0 Å². The summed E-state index contributed by atoms with van der Waals surface area (Å²) in [4.78, 5) is 30.9. The van der Waals surface area contributed by atoms with Gasteiger partial charge in [-0.25, -0.2) is 0 Å². The Morgan fingerprint density at radius 1 is 1.11 bits per heavy atom. The van der Waals surface area contributed by atoms with Crippen molar-refractivity contribution in [3.8, 4) is 0 Å². The highest BCUT2D eigenvalue weighted by Gasteiger charge is 2.25. The second-order valence-electron chi connectivity index (χ2n) is 7.06. The lowest BCUT2D eigenvalue weighted by Crippen LogP contribution is -2.41. The minimum atomic E-state index is -0.142. The van der Waals surface area contributed by atoms with E-state index in [1.807, 2.05) is 35.2 Å². The number of rotatable bonds is 5. The van der Waals surface area contributed by atoms with Crippen molar-refractivity contribution in [3.63, 3.8) is 0 Å². The first kappa shape index (κ1) is 17.7. The van der Waals surface area contributed by atoms with Gasteiger partial charge in [-0.3, -0.25) is 14.6 Å². The van der Waals surface area contributed by atoms with Crippen molar-refractivity contribution in [3.05, 3.63) is 59.4 Å². The van der Waals surface area contributed by atoms with Crippen LogP contribution in [0, 0.1) is 0 Å². The number of hydrogen-bond donors (Lipinski definition) is 1. The van der Waals surface area contributed by atoms with Crippen LogP contribution in [0.3, 0.4) is 0 Å². The van der Waals surface area contributed by atoms with E-state index < -0.39 is 0 Å². The predicted molar refractivity (Wildman–Crippen MR) is 102 cm³/mol. The maximum absolute atomic E-state index is 12.5. The van der Waals surface area contributed by atoms with Gasteiger partial charge in [0.25, 0.3) is 5.91 Å². The third-order valence-corrected chi connectivity index (χ3v) is 4.97. The molecule has 6 nitrogen and oxygen atoms in total. The lowest BCUT2D eigenvalue weighted by Gasteiger charge is -2.26. The van der Waals surface area contributed by atoms with Crippen LogP contribution in [0.25, 0.3) is 0 Å². The van der Waals surface area contributed by atoms with E-state index in [2.05, 4.69) is 10.3 Å². The SMILES string of the molecule is O=C(Nc1ccc(CC(=O)N2CCOCC2)cc1)c1ccnc(C2CC2)c1. The molecule has 2 amide bonds. The molecule has 0 radical (unpaired) electrons. The highest BCUT2D eigenvalue weighted by Crippen LogP contribution is 2.39. The van der Waals surface area contributed by atoms with E-state index in [0.29, 0.717) is 49.9 Å². The molecule has 0 unspecified atom stereocenters. The molecule has 27 heavy (non-hydrogen) atoms. The molecule has 1 saturated heterocycles. The molecule has 4 rings (SSSR count). The third-order valence-electron chi connectivity index (χ3n) is 4.97. The van der Waals surface area contributed by atoms with E-state index in [9.17, 15) is 9.59 Å². The molecule has 6 heteroatoms. The molecule has 1 aliphatic heterocycles. The van der Waals surface area contributed by atoms with Gasteiger partial charge >= 0.3 is 0 Å². The molecule has 2 fully saturated rings. The number of nitrogens with zero attached hydrogens (tertiary/aromatic N) is 2. The first-order chi connectivity index (χ1) is 13.2. The van der Waals surface area contributed by atoms with Crippen molar-refractivity contribution in [2.24, 2.45) is 0 Å². The molecule has 2 aliphatic rings. The maximum atomic E-state index is 12.5. The van der Waals surface area contributed by atoms with Crippen molar-refractivity contribution < 1.29 is 14.3 Å². The lowest BCUT2D eigenvalue weighted by atomic mass is 10.1. The summed E-state index contributed by atoms with van der Waals surface area (Å²) in [6.45, 7) is 2.52. The van der Waals surface area contributed by atoms with Crippen molar-refractivity contribution in [1.82, 2.24) is 9.88 Å². The van der Waals surface area contributed by atoms with E-state index in [1.54, 1.807) is 12.3 Å². The number of morpholine rings is 1. The molecule has 0 atom stereocenters. The molecular weight excluding hydrogens is 342 g/mol. The number of carbonyl (C=O) groups is 2. The second kappa shape index (κ2) is 7.88. The number of amides is 2. The number of hydrogen-bond acceptors (Lipinski definition) is 4. The monoisotopic (exact) mass is 365 g/mol. The second-order valence-corrected chi connectivity index (χ2v) is 7.06. The third kappa shape index (κ3) is 4.52. The number of aromatic nitrogens is 1. The quantitative estimate of drug-likeness (QED) is 0.884. The fourth-order valence-corrected chi connectivity index (χ4v) is 3.20. The number of nitrogens with one attached hydrogen (secondary N) is 1. The molecule has 2 heterocycles. The van der Waals surface area contributed by atoms with E-state index in [4.69, 9.17) is 4.74 Å². The van der Waals surface area contributed by atoms with E-state index in [1.165, 1.54) is 0 Å². The van der Waals surface area contributed by atoms with Crippen LogP contribution < -0.4 is 5.32 Å². The van der Waals surface area contributed by atoms with Gasteiger partial charge in [0.1, 0.15) is 0 Å². The Kier molecular flexibility index (Phi) is 5.16. The van der Waals surface area contributed by atoms with Gasteiger partial charge in [0.05, 0.1) is 19.6 Å². The van der Waals surface area contributed by atoms with Crippen LogP contribution in [0.4, 0.5) is 5.69 Å². The summed E-state index contributed by atoms with van der Waals surface area (Å²) in [5.74, 6) is 0.483. The van der Waals surface area contributed by atoms with Crippen molar-refractivity contribution >= 4 is 17.5 Å². The average molecular weight is 365 g/mol. The van der Waals surface area contributed by atoms with Gasteiger partial charge in [-0.2, -0.15) is 0 Å². The van der Waals surface area contributed by atoms with Gasteiger partial charge in [-0.05, 0) is 42.7 Å². The molecule has 0 bridgehead atoms. The Labute approximate surface area is 158 Å². The summed E-state index contributed by atoms with van der Waals surface area (Å²) in [5, 5.41) is 2.91. The van der Waals surface area contributed by atoms with E-state index in [-0.39, 0.29) is 11.8 Å². The largest absolute Gasteiger partial charge is 0.378 e. The number of benzene rings is 1. The van der Waals surface area contributed by atoms with Crippen LogP contribution in [0.1, 0.15) is 40.4 Å². The predicted octanol–water partition coefficient (Wildman–Crippen LogP) is 2.61. The standard InChI is InChI=1S/C21H23N3O3/c25-20(24-9-11-27-12-10-24)13-15-1-5-18(6-2-15)23-21(26)17-7-8-22-19(14-17)16-3-4-16/h1-2,5-8,14,16H,3-4,9-13H2,(H,23,26). The first-order valence-electron chi connectivity index (χ1n) is 9.41. The van der Waals surface area contributed by atoms with Gasteiger partial charge < -0.3 is 15.0 Å². The topological polar surface area (TPSA) is 71.5 Å². The molecule has 140 valence electrons. The minimum absolute atomic E-state index is 0.111. The Morgan fingerprint density at radius 2 is 1.85 bits per heavy atom.